The third kappa shape index (κ3) is 2.92. The number of benzene rings is 1. The molecule has 0 heterocycles. The summed E-state index contributed by atoms with van der Waals surface area (Å²) < 4.78 is 5.68. The predicted molar refractivity (Wildman–Crippen MR) is 53.5 cm³/mol. The van der Waals surface area contributed by atoms with Gasteiger partial charge in [0, 0.05) is 10.5 Å². The Hall–Kier alpha value is -1.23. The molecule has 0 amide bonds. The normalized spacial score (nSPS) is 12.1. The highest BCUT2D eigenvalue weighted by atomic mass is 79.9. The van der Waals surface area contributed by atoms with Gasteiger partial charge in [-0.05, 0) is 19.1 Å². The van der Waals surface area contributed by atoms with Gasteiger partial charge in [0.25, 0.3) is 0 Å². The number of aliphatic carboxylic acids is 1. The Morgan fingerprint density at radius 3 is 2.64 bits per heavy atom. The highest BCUT2D eigenvalue weighted by molar-refractivity contribution is 9.10. The van der Waals surface area contributed by atoms with Crippen molar-refractivity contribution in [2.75, 3.05) is 0 Å². The second-order valence-electron chi connectivity index (χ2n) is 2.74. The summed E-state index contributed by atoms with van der Waals surface area (Å²) in [7, 11) is 0. The minimum absolute atomic E-state index is 0.0203. The summed E-state index contributed by atoms with van der Waals surface area (Å²) in [6.45, 7) is 1.42. The third-order valence-electron chi connectivity index (χ3n) is 1.52. The monoisotopic (exact) mass is 260 g/mol. The largest absolute Gasteiger partial charge is 0.508 e. The lowest BCUT2D eigenvalue weighted by Crippen LogP contribution is -2.22. The molecule has 0 aliphatic heterocycles. The topological polar surface area (TPSA) is 66.8 Å². The average Bonchev–Trinajstić information content (AvgIpc) is 2.01. The molecule has 0 saturated carbocycles. The average molecular weight is 261 g/mol. The van der Waals surface area contributed by atoms with Crippen molar-refractivity contribution in [3.05, 3.63) is 22.7 Å². The zero-order valence-electron chi connectivity index (χ0n) is 7.40. The lowest BCUT2D eigenvalue weighted by atomic mass is 10.3. The second-order valence-corrected chi connectivity index (χ2v) is 3.66. The molecule has 0 bridgehead atoms. The molecule has 0 aliphatic carbocycles. The molecule has 1 aromatic rings. The fourth-order valence-corrected chi connectivity index (χ4v) is 1.33. The van der Waals surface area contributed by atoms with E-state index in [-0.39, 0.29) is 5.75 Å². The highest BCUT2D eigenvalue weighted by Gasteiger charge is 2.12. The molecule has 0 saturated heterocycles. The molecule has 5 heteroatoms. The molecule has 1 aromatic carbocycles. The molecule has 14 heavy (non-hydrogen) atoms. The van der Waals surface area contributed by atoms with Gasteiger partial charge in [0.1, 0.15) is 11.5 Å². The van der Waals surface area contributed by atoms with E-state index in [0.29, 0.717) is 10.2 Å². The standard InChI is InChI=1S/C9H9BrO4/c1-5(9(12)13)14-8-3-6(10)2-7(11)4-8/h2-5,11H,1H3,(H,12,13)/t5-/m0/s1. The number of carboxylic acids is 1. The van der Waals surface area contributed by atoms with Gasteiger partial charge in [-0.25, -0.2) is 4.79 Å². The van der Waals surface area contributed by atoms with Gasteiger partial charge in [0.2, 0.25) is 0 Å². The molecule has 2 N–H and O–H groups in total. The minimum atomic E-state index is -1.05. The van der Waals surface area contributed by atoms with Crippen LogP contribution in [0.2, 0.25) is 0 Å². The molecule has 0 radical (unpaired) electrons. The van der Waals surface area contributed by atoms with E-state index in [1.807, 2.05) is 0 Å². The Balaban J connectivity index is 2.81. The van der Waals surface area contributed by atoms with Crippen LogP contribution in [0, 0.1) is 0 Å². The maximum atomic E-state index is 10.5. The number of carbonyl (C=O) groups is 1. The van der Waals surface area contributed by atoms with Crippen LogP contribution in [-0.4, -0.2) is 22.3 Å². The number of ether oxygens (including phenoxy) is 1. The minimum Gasteiger partial charge on any atom is -0.508 e. The van der Waals surface area contributed by atoms with E-state index < -0.39 is 12.1 Å². The van der Waals surface area contributed by atoms with Crippen molar-refractivity contribution >= 4 is 21.9 Å². The summed E-state index contributed by atoms with van der Waals surface area (Å²) in [5, 5.41) is 17.8. The van der Waals surface area contributed by atoms with Crippen molar-refractivity contribution in [2.45, 2.75) is 13.0 Å². The van der Waals surface area contributed by atoms with Gasteiger partial charge < -0.3 is 14.9 Å². The second kappa shape index (κ2) is 4.32. The van der Waals surface area contributed by atoms with Gasteiger partial charge in [0.05, 0.1) is 0 Å². The van der Waals surface area contributed by atoms with E-state index in [1.165, 1.54) is 19.1 Å². The smallest absolute Gasteiger partial charge is 0.344 e. The van der Waals surface area contributed by atoms with Crippen LogP contribution in [-0.2, 0) is 4.79 Å². The van der Waals surface area contributed by atoms with Gasteiger partial charge in [-0.15, -0.1) is 0 Å². The first kappa shape index (κ1) is 10.8. The lowest BCUT2D eigenvalue weighted by molar-refractivity contribution is -0.144. The predicted octanol–water partition coefficient (Wildman–Crippen LogP) is 2.01. The van der Waals surface area contributed by atoms with Crippen LogP contribution in [0.15, 0.2) is 22.7 Å². The molecule has 0 aromatic heterocycles. The van der Waals surface area contributed by atoms with Crippen LogP contribution >= 0.6 is 15.9 Å². The molecule has 1 rings (SSSR count). The van der Waals surface area contributed by atoms with Crippen LogP contribution in [0.4, 0.5) is 0 Å². The summed E-state index contributed by atoms with van der Waals surface area (Å²) in [5.41, 5.74) is 0. The first-order valence-electron chi connectivity index (χ1n) is 3.88. The SMILES string of the molecule is C[C@H](Oc1cc(O)cc(Br)c1)C(=O)O. The molecule has 4 nitrogen and oxygen atoms in total. The summed E-state index contributed by atoms with van der Waals surface area (Å²) in [6.07, 6.45) is -0.941. The van der Waals surface area contributed by atoms with E-state index in [4.69, 9.17) is 9.84 Å². The van der Waals surface area contributed by atoms with Crippen LogP contribution in [0.1, 0.15) is 6.92 Å². The Labute approximate surface area is 89.3 Å². The number of phenolic OH excluding ortho intramolecular Hbond substituents is 1. The Morgan fingerprint density at radius 1 is 1.50 bits per heavy atom. The fraction of sp³-hybridized carbons (Fsp3) is 0.222. The van der Waals surface area contributed by atoms with Crippen molar-refractivity contribution in [3.8, 4) is 11.5 Å². The maximum absolute atomic E-state index is 10.5. The number of hydrogen-bond donors (Lipinski definition) is 2. The molecule has 1 atom stereocenters. The highest BCUT2D eigenvalue weighted by Crippen LogP contribution is 2.25. The summed E-state index contributed by atoms with van der Waals surface area (Å²) in [6, 6.07) is 4.42. The van der Waals surface area contributed by atoms with Gasteiger partial charge in [-0.1, -0.05) is 15.9 Å². The van der Waals surface area contributed by atoms with Crippen molar-refractivity contribution in [1.82, 2.24) is 0 Å². The van der Waals surface area contributed by atoms with Crippen molar-refractivity contribution < 1.29 is 19.7 Å². The number of phenols is 1. The number of carboxylic acid groups (broad SMARTS) is 1. The van der Waals surface area contributed by atoms with Gasteiger partial charge in [-0.2, -0.15) is 0 Å². The third-order valence-corrected chi connectivity index (χ3v) is 1.97. The van der Waals surface area contributed by atoms with Crippen LogP contribution in [0.3, 0.4) is 0 Å². The molecule has 76 valence electrons. The quantitative estimate of drug-likeness (QED) is 0.873. The van der Waals surface area contributed by atoms with Gasteiger partial charge in [0.15, 0.2) is 6.10 Å². The molecular weight excluding hydrogens is 252 g/mol. The van der Waals surface area contributed by atoms with Crippen LogP contribution in [0.25, 0.3) is 0 Å². The first-order chi connectivity index (χ1) is 6.49. The first-order valence-corrected chi connectivity index (χ1v) is 4.67. The molecule has 0 spiro atoms. The number of hydrogen-bond acceptors (Lipinski definition) is 3. The van der Waals surface area contributed by atoms with Gasteiger partial charge in [-0.3, -0.25) is 0 Å². The molecule has 0 aliphatic rings. The van der Waals surface area contributed by atoms with Crippen molar-refractivity contribution in [2.24, 2.45) is 0 Å². The van der Waals surface area contributed by atoms with E-state index in [2.05, 4.69) is 15.9 Å². The summed E-state index contributed by atoms with van der Waals surface area (Å²) in [4.78, 5) is 10.5. The zero-order valence-corrected chi connectivity index (χ0v) is 8.98. The lowest BCUT2D eigenvalue weighted by Gasteiger charge is -2.10. The van der Waals surface area contributed by atoms with E-state index in [1.54, 1.807) is 6.07 Å². The fourth-order valence-electron chi connectivity index (χ4n) is 0.871. The van der Waals surface area contributed by atoms with E-state index >= 15 is 0 Å². The Morgan fingerprint density at radius 2 is 2.14 bits per heavy atom. The van der Waals surface area contributed by atoms with E-state index in [0.717, 1.165) is 0 Å². The van der Waals surface area contributed by atoms with E-state index in [9.17, 15) is 9.90 Å². The molecule has 0 unspecified atom stereocenters. The summed E-state index contributed by atoms with van der Waals surface area (Å²) >= 11 is 3.15. The van der Waals surface area contributed by atoms with Crippen molar-refractivity contribution in [3.63, 3.8) is 0 Å². The van der Waals surface area contributed by atoms with Crippen LogP contribution in [0.5, 0.6) is 11.5 Å². The number of halogens is 1. The van der Waals surface area contributed by atoms with Crippen LogP contribution < -0.4 is 4.74 Å². The Bertz CT molecular complexity index is 330. The molecular formula is C9H9BrO4. The maximum Gasteiger partial charge on any atom is 0.344 e. The van der Waals surface area contributed by atoms with Crippen molar-refractivity contribution in [1.29, 1.82) is 0 Å². The van der Waals surface area contributed by atoms with Gasteiger partial charge >= 0.3 is 5.97 Å². The Kier molecular flexibility index (Phi) is 3.35. The molecule has 0 fully saturated rings. The number of aromatic hydroxyl groups is 1. The zero-order chi connectivity index (χ0) is 10.7. The number of rotatable bonds is 3. The summed E-state index contributed by atoms with van der Waals surface area (Å²) in [5.74, 6) is -0.719.